The molecule has 0 unspecified atom stereocenters. The number of nitrogens with one attached hydrogen (secondary N) is 2. The van der Waals surface area contributed by atoms with Crippen molar-refractivity contribution in [2.75, 3.05) is 6.54 Å². The Kier molecular flexibility index (Phi) is 9.89. The summed E-state index contributed by atoms with van der Waals surface area (Å²) in [6, 6.07) is 0. The molecule has 6 heteroatoms. The number of fused-ring (bicyclic) bond motifs is 5. The van der Waals surface area contributed by atoms with Gasteiger partial charge in [0.05, 0.1) is 12.7 Å². The second-order valence-corrected chi connectivity index (χ2v) is 15.3. The fraction of sp³-hybridized carbons (Fsp3) is 0.806. The van der Waals surface area contributed by atoms with Crippen LogP contribution in [0.5, 0.6) is 0 Å². The zero-order chi connectivity index (χ0) is 29.9. The number of amides is 1. The number of rotatable bonds is 12. The van der Waals surface area contributed by atoms with Crippen LogP contribution in [-0.2, 0) is 20.7 Å². The second-order valence-electron chi connectivity index (χ2n) is 15.3. The molecule has 0 bridgehead atoms. The first-order valence-corrected chi connectivity index (χ1v) is 17.2. The van der Waals surface area contributed by atoms with Crippen molar-refractivity contribution in [1.29, 1.82) is 0 Å². The van der Waals surface area contributed by atoms with E-state index in [2.05, 4.69) is 56.0 Å². The third-order valence-electron chi connectivity index (χ3n) is 12.4. The molecule has 234 valence electrons. The fourth-order valence-corrected chi connectivity index (χ4v) is 10.1. The molecule has 5 rings (SSSR count). The Morgan fingerprint density at radius 1 is 1.07 bits per heavy atom. The maximum absolute atomic E-state index is 12.7. The van der Waals surface area contributed by atoms with E-state index in [4.69, 9.17) is 4.74 Å². The van der Waals surface area contributed by atoms with Crippen molar-refractivity contribution in [1.82, 2.24) is 15.3 Å². The molecule has 6 nitrogen and oxygen atoms in total. The number of hydrogen-bond acceptors (Lipinski definition) is 4. The van der Waals surface area contributed by atoms with E-state index in [0.717, 1.165) is 60.5 Å². The summed E-state index contributed by atoms with van der Waals surface area (Å²) >= 11 is 0. The zero-order valence-electron chi connectivity index (χ0n) is 27.1. The van der Waals surface area contributed by atoms with Gasteiger partial charge in [-0.25, -0.2) is 4.98 Å². The van der Waals surface area contributed by atoms with Crippen LogP contribution in [0.3, 0.4) is 0 Å². The Hall–Kier alpha value is -2.11. The lowest BCUT2D eigenvalue weighted by molar-refractivity contribution is -0.152. The topological polar surface area (TPSA) is 84.1 Å². The predicted molar refractivity (Wildman–Crippen MR) is 167 cm³/mol. The van der Waals surface area contributed by atoms with Crippen molar-refractivity contribution in [3.63, 3.8) is 0 Å². The molecular weight excluding hydrogens is 522 g/mol. The van der Waals surface area contributed by atoms with Crippen molar-refractivity contribution < 1.29 is 14.3 Å². The number of nitrogens with zero attached hydrogens (tertiary/aromatic N) is 1. The Morgan fingerprint density at radius 3 is 2.67 bits per heavy atom. The Balaban J connectivity index is 1.11. The number of ether oxygens (including phenoxy) is 1. The van der Waals surface area contributed by atoms with Crippen LogP contribution in [0.15, 0.2) is 24.2 Å². The van der Waals surface area contributed by atoms with E-state index in [9.17, 15) is 9.59 Å². The minimum atomic E-state index is -0.241. The van der Waals surface area contributed by atoms with E-state index in [1.807, 2.05) is 0 Å². The molecule has 4 aliphatic carbocycles. The van der Waals surface area contributed by atoms with Crippen LogP contribution in [0.1, 0.15) is 124 Å². The summed E-state index contributed by atoms with van der Waals surface area (Å²) in [6.45, 7) is 13.0. The van der Waals surface area contributed by atoms with E-state index < -0.39 is 0 Å². The summed E-state index contributed by atoms with van der Waals surface area (Å²) < 4.78 is 5.93. The molecule has 1 aromatic heterocycles. The van der Waals surface area contributed by atoms with Gasteiger partial charge in [0.2, 0.25) is 5.91 Å². The van der Waals surface area contributed by atoms with Gasteiger partial charge in [-0.1, -0.05) is 65.5 Å². The summed E-state index contributed by atoms with van der Waals surface area (Å²) in [5.41, 5.74) is 3.30. The number of allylic oxidation sites excluding steroid dienone is 1. The van der Waals surface area contributed by atoms with Crippen LogP contribution < -0.4 is 5.32 Å². The highest BCUT2D eigenvalue weighted by Crippen LogP contribution is 2.67. The van der Waals surface area contributed by atoms with Gasteiger partial charge in [-0.3, -0.25) is 9.59 Å². The van der Waals surface area contributed by atoms with Gasteiger partial charge in [0.15, 0.2) is 0 Å². The van der Waals surface area contributed by atoms with E-state index in [-0.39, 0.29) is 36.2 Å². The molecule has 0 spiro atoms. The SMILES string of the molecule is CC(C)CCC[C@@H](C)[C@H]1CC[C@H]2[C@@H]3CC=C4C[C@@H](OC(=O)CCC(=O)NCCc5cnc[nH]5)CC[C@]4(C)[C@H]3CC[C@]12C. The van der Waals surface area contributed by atoms with E-state index >= 15 is 0 Å². The average Bonchev–Trinajstić information content (AvgIpc) is 3.59. The van der Waals surface area contributed by atoms with Gasteiger partial charge >= 0.3 is 5.97 Å². The molecule has 0 aliphatic heterocycles. The van der Waals surface area contributed by atoms with Gasteiger partial charge < -0.3 is 15.0 Å². The third-order valence-corrected chi connectivity index (χ3v) is 12.4. The standard InChI is InChI=1S/C36H57N3O3/c1-24(2)7-6-8-25(3)30-11-12-31-29-10-9-26-21-28(15-18-35(26,4)32(29)16-19-36(30,31)5)42-34(41)14-13-33(40)38-20-17-27-22-37-23-39-27/h9,22-25,28-32H,6-8,10-21H2,1-5H3,(H,37,39)(H,38,40)/t25-,28+,29+,30-,31+,32+,35+,36-/m1/s1. The molecule has 0 aromatic carbocycles. The lowest BCUT2D eigenvalue weighted by atomic mass is 9.47. The van der Waals surface area contributed by atoms with Crippen LogP contribution in [0, 0.1) is 46.3 Å². The van der Waals surface area contributed by atoms with Crippen molar-refractivity contribution >= 4 is 11.9 Å². The van der Waals surface area contributed by atoms with Gasteiger partial charge in [0, 0.05) is 37.7 Å². The fourth-order valence-electron chi connectivity index (χ4n) is 10.1. The molecule has 2 N–H and O–H groups in total. The summed E-state index contributed by atoms with van der Waals surface area (Å²) in [6.07, 6.45) is 20.8. The Labute approximate surface area is 254 Å². The van der Waals surface area contributed by atoms with Gasteiger partial charge in [-0.2, -0.15) is 0 Å². The largest absolute Gasteiger partial charge is 0.462 e. The van der Waals surface area contributed by atoms with Crippen molar-refractivity contribution in [2.24, 2.45) is 46.3 Å². The Bertz CT molecular complexity index is 1100. The maximum Gasteiger partial charge on any atom is 0.306 e. The highest BCUT2D eigenvalue weighted by atomic mass is 16.5. The molecule has 42 heavy (non-hydrogen) atoms. The molecule has 0 saturated heterocycles. The lowest BCUT2D eigenvalue weighted by Crippen LogP contribution is -2.51. The average molecular weight is 580 g/mol. The van der Waals surface area contributed by atoms with Crippen LogP contribution in [0.2, 0.25) is 0 Å². The summed E-state index contributed by atoms with van der Waals surface area (Å²) in [7, 11) is 0. The normalized spacial score (nSPS) is 34.6. The number of aromatic amines is 1. The van der Waals surface area contributed by atoms with E-state index in [1.54, 1.807) is 18.1 Å². The van der Waals surface area contributed by atoms with Crippen molar-refractivity contribution in [3.8, 4) is 0 Å². The van der Waals surface area contributed by atoms with Crippen LogP contribution in [0.4, 0.5) is 0 Å². The zero-order valence-corrected chi connectivity index (χ0v) is 27.1. The van der Waals surface area contributed by atoms with Gasteiger partial charge in [0.25, 0.3) is 0 Å². The Morgan fingerprint density at radius 2 is 1.90 bits per heavy atom. The van der Waals surface area contributed by atoms with Crippen LogP contribution in [0.25, 0.3) is 0 Å². The first kappa shape index (κ1) is 31.3. The summed E-state index contributed by atoms with van der Waals surface area (Å²) in [5, 5.41) is 2.88. The quantitative estimate of drug-likeness (QED) is 0.195. The maximum atomic E-state index is 12.7. The molecule has 0 radical (unpaired) electrons. The molecule has 8 atom stereocenters. The number of carbonyl (C=O) groups excluding carboxylic acids is 2. The second kappa shape index (κ2) is 13.3. The predicted octanol–water partition coefficient (Wildman–Crippen LogP) is 7.80. The number of esters is 1. The smallest absolute Gasteiger partial charge is 0.306 e. The van der Waals surface area contributed by atoms with Crippen molar-refractivity contribution in [3.05, 3.63) is 29.9 Å². The number of aromatic nitrogens is 2. The first-order valence-electron chi connectivity index (χ1n) is 17.2. The molecule has 1 aromatic rings. The number of H-pyrrole nitrogens is 1. The van der Waals surface area contributed by atoms with Crippen LogP contribution in [-0.4, -0.2) is 34.5 Å². The molecule has 1 heterocycles. The first-order chi connectivity index (χ1) is 20.1. The number of hydrogen-bond donors (Lipinski definition) is 2. The minimum absolute atomic E-state index is 0.0479. The van der Waals surface area contributed by atoms with Gasteiger partial charge in [-0.05, 0) is 91.3 Å². The van der Waals surface area contributed by atoms with Gasteiger partial charge in [0.1, 0.15) is 6.10 Å². The molecule has 3 fully saturated rings. The molecule has 3 saturated carbocycles. The number of carbonyl (C=O) groups is 2. The lowest BCUT2D eigenvalue weighted by Gasteiger charge is -2.58. The number of imidazole rings is 1. The monoisotopic (exact) mass is 579 g/mol. The highest BCUT2D eigenvalue weighted by Gasteiger charge is 2.59. The van der Waals surface area contributed by atoms with Crippen molar-refractivity contribution in [2.45, 2.75) is 131 Å². The molecule has 4 aliphatic rings. The molecular formula is C36H57N3O3. The summed E-state index contributed by atoms with van der Waals surface area (Å²) in [4.78, 5) is 31.9. The minimum Gasteiger partial charge on any atom is -0.462 e. The van der Waals surface area contributed by atoms with Crippen LogP contribution >= 0.6 is 0 Å². The molecule has 1 amide bonds. The van der Waals surface area contributed by atoms with E-state index in [1.165, 1.54) is 51.4 Å². The third kappa shape index (κ3) is 6.68. The highest BCUT2D eigenvalue weighted by molar-refractivity contribution is 5.81. The summed E-state index contributed by atoms with van der Waals surface area (Å²) in [5.74, 6) is 4.66. The van der Waals surface area contributed by atoms with E-state index in [0.29, 0.717) is 18.4 Å². The van der Waals surface area contributed by atoms with Gasteiger partial charge in [-0.15, -0.1) is 0 Å².